The SMILES string of the molecule is CCOC(=O)COc1ccc(C(=O)CC)cc1Cl. The Morgan fingerprint density at radius 3 is 2.56 bits per heavy atom. The molecule has 4 nitrogen and oxygen atoms in total. The van der Waals surface area contributed by atoms with Crippen LogP contribution in [0, 0.1) is 0 Å². The van der Waals surface area contributed by atoms with Crippen LogP contribution in [0.15, 0.2) is 18.2 Å². The fourth-order valence-corrected chi connectivity index (χ4v) is 1.57. The molecular weight excluding hydrogens is 256 g/mol. The number of carbonyl (C=O) groups excluding carboxylic acids is 2. The van der Waals surface area contributed by atoms with Crippen molar-refractivity contribution in [3.8, 4) is 5.75 Å². The molecule has 0 bridgehead atoms. The monoisotopic (exact) mass is 270 g/mol. The summed E-state index contributed by atoms with van der Waals surface area (Å²) >= 11 is 5.96. The first-order valence-corrected chi connectivity index (χ1v) is 6.07. The summed E-state index contributed by atoms with van der Waals surface area (Å²) in [6.45, 7) is 3.60. The summed E-state index contributed by atoms with van der Waals surface area (Å²) in [6.07, 6.45) is 0.416. The highest BCUT2D eigenvalue weighted by atomic mass is 35.5. The molecule has 0 unspecified atom stereocenters. The lowest BCUT2D eigenvalue weighted by Crippen LogP contribution is -2.14. The Balaban J connectivity index is 2.68. The van der Waals surface area contributed by atoms with Crippen molar-refractivity contribution in [3.63, 3.8) is 0 Å². The Morgan fingerprint density at radius 1 is 1.28 bits per heavy atom. The third-order valence-corrected chi connectivity index (χ3v) is 2.52. The van der Waals surface area contributed by atoms with Crippen molar-refractivity contribution in [2.45, 2.75) is 20.3 Å². The predicted molar refractivity (Wildman–Crippen MR) is 68.2 cm³/mol. The van der Waals surface area contributed by atoms with Gasteiger partial charge < -0.3 is 9.47 Å². The number of hydrogen-bond donors (Lipinski definition) is 0. The van der Waals surface area contributed by atoms with E-state index in [1.54, 1.807) is 26.0 Å². The number of esters is 1. The second-order valence-electron chi connectivity index (χ2n) is 3.52. The van der Waals surface area contributed by atoms with Crippen LogP contribution >= 0.6 is 11.6 Å². The number of halogens is 1. The first kappa shape index (κ1) is 14.5. The molecule has 0 radical (unpaired) electrons. The van der Waals surface area contributed by atoms with E-state index in [1.807, 2.05) is 0 Å². The minimum atomic E-state index is -0.456. The second kappa shape index (κ2) is 7.01. The Bertz CT molecular complexity index is 443. The molecule has 0 amide bonds. The molecule has 0 aromatic heterocycles. The van der Waals surface area contributed by atoms with Crippen LogP contribution in [-0.4, -0.2) is 25.0 Å². The van der Waals surface area contributed by atoms with Gasteiger partial charge in [-0.25, -0.2) is 4.79 Å². The van der Waals surface area contributed by atoms with Crippen molar-refractivity contribution >= 4 is 23.4 Å². The fraction of sp³-hybridized carbons (Fsp3) is 0.385. The molecule has 5 heteroatoms. The van der Waals surface area contributed by atoms with Crippen molar-refractivity contribution in [2.75, 3.05) is 13.2 Å². The standard InChI is InChI=1S/C13H15ClO4/c1-3-11(15)9-5-6-12(10(14)7-9)18-8-13(16)17-4-2/h5-7H,3-4,8H2,1-2H3. The molecular formula is C13H15ClO4. The van der Waals surface area contributed by atoms with E-state index in [1.165, 1.54) is 6.07 Å². The van der Waals surface area contributed by atoms with Gasteiger partial charge in [0.1, 0.15) is 5.75 Å². The maximum absolute atomic E-state index is 11.5. The van der Waals surface area contributed by atoms with Gasteiger partial charge in [0.25, 0.3) is 0 Å². The Morgan fingerprint density at radius 2 is 2.00 bits per heavy atom. The fourth-order valence-electron chi connectivity index (χ4n) is 1.33. The number of hydrogen-bond acceptors (Lipinski definition) is 4. The summed E-state index contributed by atoms with van der Waals surface area (Å²) in [5.74, 6) is -0.0894. The van der Waals surface area contributed by atoms with E-state index in [0.717, 1.165) is 0 Å². The van der Waals surface area contributed by atoms with Gasteiger partial charge in [0.2, 0.25) is 0 Å². The van der Waals surface area contributed by atoms with E-state index >= 15 is 0 Å². The Hall–Kier alpha value is -1.55. The quantitative estimate of drug-likeness (QED) is 0.589. The van der Waals surface area contributed by atoms with Gasteiger partial charge in [-0.15, -0.1) is 0 Å². The average Bonchev–Trinajstić information content (AvgIpc) is 2.36. The van der Waals surface area contributed by atoms with Gasteiger partial charge >= 0.3 is 5.97 Å². The smallest absolute Gasteiger partial charge is 0.344 e. The lowest BCUT2D eigenvalue weighted by Gasteiger charge is -2.08. The number of ether oxygens (including phenoxy) is 2. The zero-order chi connectivity index (χ0) is 13.5. The molecule has 0 fully saturated rings. The first-order valence-electron chi connectivity index (χ1n) is 5.69. The van der Waals surface area contributed by atoms with Gasteiger partial charge in [-0.2, -0.15) is 0 Å². The van der Waals surface area contributed by atoms with Crippen molar-refractivity contribution in [1.82, 2.24) is 0 Å². The predicted octanol–water partition coefficient (Wildman–Crippen LogP) is 2.87. The number of rotatable bonds is 6. The van der Waals surface area contributed by atoms with Gasteiger partial charge in [0.05, 0.1) is 11.6 Å². The summed E-state index contributed by atoms with van der Waals surface area (Å²) in [7, 11) is 0. The van der Waals surface area contributed by atoms with E-state index < -0.39 is 5.97 Å². The molecule has 1 aromatic rings. The highest BCUT2D eigenvalue weighted by molar-refractivity contribution is 6.32. The molecule has 0 atom stereocenters. The molecule has 0 saturated heterocycles. The molecule has 0 aliphatic carbocycles. The lowest BCUT2D eigenvalue weighted by atomic mass is 10.1. The van der Waals surface area contributed by atoms with Gasteiger partial charge in [-0.3, -0.25) is 4.79 Å². The van der Waals surface area contributed by atoms with Crippen LogP contribution in [0.2, 0.25) is 5.02 Å². The highest BCUT2D eigenvalue weighted by Gasteiger charge is 2.09. The molecule has 1 rings (SSSR count). The van der Waals surface area contributed by atoms with Gasteiger partial charge in [-0.05, 0) is 25.1 Å². The summed E-state index contributed by atoms with van der Waals surface area (Å²) < 4.78 is 9.92. The zero-order valence-corrected chi connectivity index (χ0v) is 11.1. The molecule has 0 spiro atoms. The van der Waals surface area contributed by atoms with Crippen molar-refractivity contribution in [1.29, 1.82) is 0 Å². The Labute approximate surface area is 111 Å². The number of Topliss-reactive ketones (excluding diaryl/α,β-unsaturated/α-hetero) is 1. The zero-order valence-electron chi connectivity index (χ0n) is 10.4. The highest BCUT2D eigenvalue weighted by Crippen LogP contribution is 2.25. The van der Waals surface area contributed by atoms with Crippen LogP contribution in [0.1, 0.15) is 30.6 Å². The number of carbonyl (C=O) groups is 2. The maximum Gasteiger partial charge on any atom is 0.344 e. The number of ketones is 1. The van der Waals surface area contributed by atoms with Crippen molar-refractivity contribution in [2.24, 2.45) is 0 Å². The summed E-state index contributed by atoms with van der Waals surface area (Å²) in [5.41, 5.74) is 0.533. The van der Waals surface area contributed by atoms with E-state index in [2.05, 4.69) is 0 Å². The third kappa shape index (κ3) is 4.04. The molecule has 0 heterocycles. The topological polar surface area (TPSA) is 52.6 Å². The van der Waals surface area contributed by atoms with Crippen LogP contribution in [0.5, 0.6) is 5.75 Å². The molecule has 0 saturated carbocycles. The van der Waals surface area contributed by atoms with Gasteiger partial charge in [0.15, 0.2) is 12.4 Å². The van der Waals surface area contributed by atoms with E-state index in [0.29, 0.717) is 29.4 Å². The summed E-state index contributed by atoms with van der Waals surface area (Å²) in [6, 6.07) is 4.73. The molecule has 0 N–H and O–H groups in total. The maximum atomic E-state index is 11.5. The minimum Gasteiger partial charge on any atom is -0.480 e. The molecule has 0 aliphatic rings. The van der Waals surface area contributed by atoms with E-state index in [4.69, 9.17) is 21.1 Å². The number of benzene rings is 1. The van der Waals surface area contributed by atoms with Gasteiger partial charge in [0, 0.05) is 12.0 Å². The minimum absolute atomic E-state index is 0.00819. The third-order valence-electron chi connectivity index (χ3n) is 2.23. The van der Waals surface area contributed by atoms with Crippen LogP contribution in [-0.2, 0) is 9.53 Å². The molecule has 18 heavy (non-hydrogen) atoms. The van der Waals surface area contributed by atoms with Crippen LogP contribution in [0.25, 0.3) is 0 Å². The molecule has 1 aromatic carbocycles. The summed E-state index contributed by atoms with van der Waals surface area (Å²) in [4.78, 5) is 22.6. The average molecular weight is 271 g/mol. The lowest BCUT2D eigenvalue weighted by molar-refractivity contribution is -0.145. The van der Waals surface area contributed by atoms with Crippen LogP contribution in [0.4, 0.5) is 0 Å². The van der Waals surface area contributed by atoms with E-state index in [-0.39, 0.29) is 12.4 Å². The van der Waals surface area contributed by atoms with E-state index in [9.17, 15) is 9.59 Å². The second-order valence-corrected chi connectivity index (χ2v) is 3.92. The normalized spacial score (nSPS) is 9.94. The summed E-state index contributed by atoms with van der Waals surface area (Å²) in [5, 5.41) is 0.304. The molecule has 98 valence electrons. The first-order chi connectivity index (χ1) is 8.58. The molecule has 0 aliphatic heterocycles. The largest absolute Gasteiger partial charge is 0.480 e. The Kier molecular flexibility index (Phi) is 5.65. The van der Waals surface area contributed by atoms with Crippen LogP contribution in [0.3, 0.4) is 0 Å². The van der Waals surface area contributed by atoms with Crippen molar-refractivity contribution < 1.29 is 19.1 Å². The van der Waals surface area contributed by atoms with Gasteiger partial charge in [-0.1, -0.05) is 18.5 Å². The van der Waals surface area contributed by atoms with Crippen molar-refractivity contribution in [3.05, 3.63) is 28.8 Å². The van der Waals surface area contributed by atoms with Crippen LogP contribution < -0.4 is 4.74 Å².